The summed E-state index contributed by atoms with van der Waals surface area (Å²) in [4.78, 5) is 49.9. The van der Waals surface area contributed by atoms with Gasteiger partial charge in [-0.25, -0.2) is 0 Å². The van der Waals surface area contributed by atoms with Crippen LogP contribution in [0.15, 0.2) is 64.0 Å². The van der Waals surface area contributed by atoms with Gasteiger partial charge in [0.1, 0.15) is 0 Å². The minimum Gasteiger partial charge on any atom is -0.353 e. The van der Waals surface area contributed by atoms with Crippen LogP contribution >= 0.6 is 27.7 Å². The summed E-state index contributed by atoms with van der Waals surface area (Å²) in [7, 11) is 0. The van der Waals surface area contributed by atoms with Crippen molar-refractivity contribution < 1.29 is 19.2 Å². The topological polar surface area (TPSA) is 95.6 Å². The average Bonchev–Trinajstić information content (AvgIpc) is 3.00. The van der Waals surface area contributed by atoms with Gasteiger partial charge in [0.15, 0.2) is 0 Å². The Morgan fingerprint density at radius 1 is 1.03 bits per heavy atom. The number of carbonyl (C=O) groups is 4. The van der Waals surface area contributed by atoms with Gasteiger partial charge in [0.2, 0.25) is 5.91 Å². The molecular formula is C21H18BrN3O4S. The molecule has 1 aliphatic heterocycles. The van der Waals surface area contributed by atoms with Crippen molar-refractivity contribution in [1.82, 2.24) is 15.5 Å². The number of rotatable bonds is 7. The maximum atomic E-state index is 12.5. The lowest BCUT2D eigenvalue weighted by Gasteiger charge is -2.13. The maximum absolute atomic E-state index is 12.5. The molecule has 1 aliphatic rings. The zero-order valence-electron chi connectivity index (χ0n) is 15.8. The van der Waals surface area contributed by atoms with Gasteiger partial charge in [-0.2, -0.15) is 0 Å². The van der Waals surface area contributed by atoms with Gasteiger partial charge in [0, 0.05) is 23.1 Å². The molecule has 0 unspecified atom stereocenters. The Morgan fingerprint density at radius 2 is 1.80 bits per heavy atom. The molecule has 2 N–H and O–H groups in total. The highest BCUT2D eigenvalue weighted by atomic mass is 79.9. The van der Waals surface area contributed by atoms with Crippen molar-refractivity contribution in [3.05, 3.63) is 75.1 Å². The number of imide groups is 1. The van der Waals surface area contributed by atoms with Crippen LogP contribution in [-0.4, -0.2) is 47.5 Å². The summed E-state index contributed by atoms with van der Waals surface area (Å²) in [5.74, 6) is -1.15. The number of nitrogens with one attached hydrogen (secondary N) is 2. The molecule has 0 atom stereocenters. The minimum atomic E-state index is -0.407. The summed E-state index contributed by atoms with van der Waals surface area (Å²) in [6, 6.07) is 15.9. The Kier molecular flexibility index (Phi) is 7.42. The first-order valence-electron chi connectivity index (χ1n) is 9.05. The van der Waals surface area contributed by atoms with Gasteiger partial charge in [-0.3, -0.25) is 24.1 Å². The van der Waals surface area contributed by atoms with Crippen LogP contribution in [0.25, 0.3) is 6.08 Å². The molecule has 1 heterocycles. The highest BCUT2D eigenvalue weighted by Gasteiger charge is 2.34. The Bertz CT molecular complexity index is 1010. The largest absolute Gasteiger partial charge is 0.353 e. The molecule has 9 heteroatoms. The third-order valence-corrected chi connectivity index (χ3v) is 5.52. The van der Waals surface area contributed by atoms with Crippen molar-refractivity contribution in [2.45, 2.75) is 0 Å². The lowest BCUT2D eigenvalue weighted by atomic mass is 10.2. The molecule has 4 amide bonds. The Balaban J connectivity index is 1.46. The van der Waals surface area contributed by atoms with E-state index in [1.807, 2.05) is 24.3 Å². The van der Waals surface area contributed by atoms with Crippen LogP contribution in [0.3, 0.4) is 0 Å². The molecule has 0 spiro atoms. The number of carbonyl (C=O) groups excluding carboxylic acids is 4. The highest BCUT2D eigenvalue weighted by Crippen LogP contribution is 2.32. The van der Waals surface area contributed by atoms with Gasteiger partial charge in [-0.05, 0) is 47.7 Å². The van der Waals surface area contributed by atoms with Crippen molar-refractivity contribution in [3.8, 4) is 0 Å². The van der Waals surface area contributed by atoms with Crippen LogP contribution in [0.5, 0.6) is 0 Å². The Labute approximate surface area is 186 Å². The number of nitrogens with zero attached hydrogens (tertiary/aromatic N) is 1. The third-order valence-electron chi connectivity index (χ3n) is 4.12. The molecule has 1 fully saturated rings. The molecule has 2 aromatic rings. The molecule has 0 bridgehead atoms. The molecule has 0 aromatic heterocycles. The van der Waals surface area contributed by atoms with Crippen molar-refractivity contribution >= 4 is 56.7 Å². The first-order valence-corrected chi connectivity index (χ1v) is 10.7. The number of benzene rings is 2. The molecule has 0 saturated carbocycles. The fourth-order valence-corrected chi connectivity index (χ4v) is 3.94. The molecule has 3 rings (SSSR count). The van der Waals surface area contributed by atoms with Crippen LogP contribution in [0.1, 0.15) is 15.9 Å². The van der Waals surface area contributed by atoms with Crippen LogP contribution < -0.4 is 10.6 Å². The predicted octanol–water partition coefficient (Wildman–Crippen LogP) is 3.03. The molecule has 30 heavy (non-hydrogen) atoms. The van der Waals surface area contributed by atoms with Crippen molar-refractivity contribution in [1.29, 1.82) is 0 Å². The van der Waals surface area contributed by atoms with Crippen molar-refractivity contribution in [2.75, 3.05) is 19.6 Å². The Hall–Kier alpha value is -2.91. The van der Waals surface area contributed by atoms with E-state index in [0.717, 1.165) is 26.7 Å². The SMILES string of the molecule is O=C(CNC(=O)c1ccccc1)NCCN1C(=O)SC(=Cc2cccc(Br)c2)C1=O. The molecule has 7 nitrogen and oxygen atoms in total. The summed E-state index contributed by atoms with van der Waals surface area (Å²) in [5, 5.41) is 4.73. The molecular weight excluding hydrogens is 470 g/mol. The number of amides is 4. The maximum Gasteiger partial charge on any atom is 0.293 e. The van der Waals surface area contributed by atoms with E-state index in [1.54, 1.807) is 36.4 Å². The first kappa shape index (κ1) is 21.8. The minimum absolute atomic E-state index is 0.0544. The number of hydrogen-bond acceptors (Lipinski definition) is 5. The van der Waals surface area contributed by atoms with E-state index in [0.29, 0.717) is 10.5 Å². The summed E-state index contributed by atoms with van der Waals surface area (Å²) in [5.41, 5.74) is 1.26. The van der Waals surface area contributed by atoms with Gasteiger partial charge in [0.25, 0.3) is 17.1 Å². The first-order chi connectivity index (χ1) is 14.4. The number of halogens is 1. The van der Waals surface area contributed by atoms with E-state index in [9.17, 15) is 19.2 Å². The zero-order chi connectivity index (χ0) is 21.5. The highest BCUT2D eigenvalue weighted by molar-refractivity contribution is 9.10. The van der Waals surface area contributed by atoms with E-state index < -0.39 is 11.8 Å². The van der Waals surface area contributed by atoms with Crippen molar-refractivity contribution in [3.63, 3.8) is 0 Å². The molecule has 0 radical (unpaired) electrons. The van der Waals surface area contributed by atoms with Crippen molar-refractivity contribution in [2.24, 2.45) is 0 Å². The zero-order valence-corrected chi connectivity index (χ0v) is 18.2. The number of thioether (sulfide) groups is 1. The molecule has 2 aromatic carbocycles. The molecule has 1 saturated heterocycles. The summed E-state index contributed by atoms with van der Waals surface area (Å²) >= 11 is 4.23. The van der Waals surface area contributed by atoms with Gasteiger partial charge in [-0.15, -0.1) is 0 Å². The smallest absolute Gasteiger partial charge is 0.293 e. The average molecular weight is 488 g/mol. The predicted molar refractivity (Wildman–Crippen MR) is 119 cm³/mol. The van der Waals surface area contributed by atoms with E-state index in [1.165, 1.54) is 0 Å². The summed E-state index contributed by atoms with van der Waals surface area (Å²) in [6.45, 7) is -0.0421. The standard InChI is InChI=1S/C21H18BrN3O4S/c22-16-8-4-5-14(11-16)12-17-20(28)25(21(29)30-17)10-9-23-18(26)13-24-19(27)15-6-2-1-3-7-15/h1-8,11-12H,9-10,13H2,(H,23,26)(H,24,27). The quantitative estimate of drug-likeness (QED) is 0.585. The summed E-state index contributed by atoms with van der Waals surface area (Å²) in [6.07, 6.45) is 1.66. The van der Waals surface area contributed by atoms with Gasteiger partial charge >= 0.3 is 0 Å². The van der Waals surface area contributed by atoms with Crippen LogP contribution in [-0.2, 0) is 9.59 Å². The fourth-order valence-electron chi connectivity index (χ4n) is 2.66. The lowest BCUT2D eigenvalue weighted by Crippen LogP contribution is -2.41. The van der Waals surface area contributed by atoms with E-state index in [-0.39, 0.29) is 30.8 Å². The second-order valence-corrected chi connectivity index (χ2v) is 8.20. The van der Waals surface area contributed by atoms with E-state index in [2.05, 4.69) is 26.6 Å². The van der Waals surface area contributed by atoms with E-state index >= 15 is 0 Å². The van der Waals surface area contributed by atoms with E-state index in [4.69, 9.17) is 0 Å². The monoisotopic (exact) mass is 487 g/mol. The van der Waals surface area contributed by atoms with Gasteiger partial charge in [-0.1, -0.05) is 46.3 Å². The summed E-state index contributed by atoms with van der Waals surface area (Å²) < 4.78 is 0.873. The third kappa shape index (κ3) is 5.80. The molecule has 0 aliphatic carbocycles. The second kappa shape index (κ2) is 10.2. The molecule has 154 valence electrons. The fraction of sp³-hybridized carbons (Fsp3) is 0.143. The second-order valence-electron chi connectivity index (χ2n) is 6.29. The van der Waals surface area contributed by atoms with Crippen LogP contribution in [0, 0.1) is 0 Å². The Morgan fingerprint density at radius 3 is 2.53 bits per heavy atom. The normalized spacial score (nSPS) is 14.8. The van der Waals surface area contributed by atoms with Gasteiger partial charge < -0.3 is 10.6 Å². The van der Waals surface area contributed by atoms with Crippen LogP contribution in [0.4, 0.5) is 4.79 Å². The van der Waals surface area contributed by atoms with Gasteiger partial charge in [0.05, 0.1) is 11.4 Å². The van der Waals surface area contributed by atoms with Crippen LogP contribution in [0.2, 0.25) is 0 Å². The lowest BCUT2D eigenvalue weighted by molar-refractivity contribution is -0.124. The number of hydrogen-bond donors (Lipinski definition) is 2.